The Labute approximate surface area is 233 Å². The fourth-order valence-electron chi connectivity index (χ4n) is 4.85. The molecule has 1 aliphatic rings. The molecule has 0 unspecified atom stereocenters. The highest BCUT2D eigenvalue weighted by Crippen LogP contribution is 2.42. The zero-order chi connectivity index (χ0) is 27.6. The van der Waals surface area contributed by atoms with E-state index >= 15 is 0 Å². The van der Waals surface area contributed by atoms with Crippen molar-refractivity contribution < 1.29 is 18.0 Å². The molecule has 0 saturated carbocycles. The van der Waals surface area contributed by atoms with Gasteiger partial charge in [0.25, 0.3) is 10.0 Å². The van der Waals surface area contributed by atoms with E-state index in [2.05, 4.69) is 5.32 Å². The van der Waals surface area contributed by atoms with Crippen LogP contribution in [0.1, 0.15) is 45.6 Å². The zero-order valence-electron chi connectivity index (χ0n) is 21.6. The topological polar surface area (TPSA) is 86.8 Å². The number of carbonyl (C=O) groups is 2. The van der Waals surface area contributed by atoms with Crippen LogP contribution in [0.25, 0.3) is 10.8 Å². The summed E-state index contributed by atoms with van der Waals surface area (Å²) in [6.45, 7) is 5.91. The molecule has 7 nitrogen and oxygen atoms in total. The molecule has 1 heterocycles. The van der Waals surface area contributed by atoms with Gasteiger partial charge in [-0.15, -0.1) is 0 Å². The molecule has 2 amide bonds. The maximum Gasteiger partial charge on any atom is 0.265 e. The average Bonchev–Trinajstić information content (AvgIpc) is 3.08. The highest BCUT2D eigenvalue weighted by Gasteiger charge is 2.35. The zero-order valence-corrected chi connectivity index (χ0v) is 23.9. The van der Waals surface area contributed by atoms with Crippen LogP contribution < -0.4 is 9.62 Å². The number of sulfonamides is 1. The SMILES string of the molecule is CC[C@@H](C(=O)NC(C)C)N(Cc1ccc(Cl)c(Cl)c1)C(=O)CCCN1c2cccc3cccc(c23)S1(=O)=O. The van der Waals surface area contributed by atoms with E-state index in [9.17, 15) is 18.0 Å². The molecule has 0 fully saturated rings. The third-order valence-corrected chi connectivity index (χ3v) is 9.18. The Kier molecular flexibility index (Phi) is 8.55. The highest BCUT2D eigenvalue weighted by atomic mass is 35.5. The molecule has 0 aliphatic carbocycles. The van der Waals surface area contributed by atoms with Crippen LogP contribution >= 0.6 is 23.2 Å². The van der Waals surface area contributed by atoms with Gasteiger partial charge in [-0.25, -0.2) is 8.42 Å². The standard InChI is InChI=1S/C28H31Cl2N3O4S/c1-4-23(28(35)31-18(2)3)32(17-19-13-14-21(29)22(30)16-19)26(34)12-7-15-33-24-10-5-8-20-9-6-11-25(27(20)24)38(33,36)37/h5-6,8-11,13-14,16,18,23H,4,7,12,15,17H2,1-3H3,(H,31,35)/t23-/m0/s1. The monoisotopic (exact) mass is 575 g/mol. The van der Waals surface area contributed by atoms with Gasteiger partial charge in [0.1, 0.15) is 6.04 Å². The van der Waals surface area contributed by atoms with Crippen molar-refractivity contribution >= 4 is 61.5 Å². The molecule has 3 aromatic carbocycles. The second kappa shape index (κ2) is 11.5. The first-order chi connectivity index (χ1) is 18.0. The Bertz CT molecular complexity index is 1470. The van der Waals surface area contributed by atoms with Crippen molar-refractivity contribution in [2.45, 2.75) is 63.6 Å². The number of halogens is 2. The molecule has 4 rings (SSSR count). The van der Waals surface area contributed by atoms with E-state index in [1.165, 1.54) is 4.31 Å². The van der Waals surface area contributed by atoms with Crippen molar-refractivity contribution in [3.63, 3.8) is 0 Å². The lowest BCUT2D eigenvalue weighted by atomic mass is 10.1. The molecule has 1 atom stereocenters. The van der Waals surface area contributed by atoms with Crippen molar-refractivity contribution in [3.8, 4) is 0 Å². The summed E-state index contributed by atoms with van der Waals surface area (Å²) >= 11 is 12.3. The van der Waals surface area contributed by atoms with Crippen LogP contribution in [0.3, 0.4) is 0 Å². The minimum Gasteiger partial charge on any atom is -0.352 e. The predicted molar refractivity (Wildman–Crippen MR) is 152 cm³/mol. The van der Waals surface area contributed by atoms with Crippen molar-refractivity contribution in [2.75, 3.05) is 10.8 Å². The number of amides is 2. The largest absolute Gasteiger partial charge is 0.352 e. The van der Waals surface area contributed by atoms with Crippen LogP contribution in [0.5, 0.6) is 0 Å². The second-order valence-electron chi connectivity index (χ2n) is 9.67. The molecule has 0 saturated heterocycles. The fourth-order valence-corrected chi connectivity index (χ4v) is 6.92. The fraction of sp³-hybridized carbons (Fsp3) is 0.357. The van der Waals surface area contributed by atoms with Gasteiger partial charge in [-0.3, -0.25) is 13.9 Å². The molecule has 10 heteroatoms. The predicted octanol–water partition coefficient (Wildman–Crippen LogP) is 5.77. The molecule has 0 aromatic heterocycles. The van der Waals surface area contributed by atoms with E-state index in [0.717, 1.165) is 10.9 Å². The normalized spacial score (nSPS) is 14.6. The molecule has 0 radical (unpaired) electrons. The Balaban J connectivity index is 1.53. The van der Waals surface area contributed by atoms with Crippen LogP contribution in [0, 0.1) is 0 Å². The van der Waals surface area contributed by atoms with Gasteiger partial charge >= 0.3 is 0 Å². The number of anilines is 1. The van der Waals surface area contributed by atoms with E-state index in [0.29, 0.717) is 34.0 Å². The smallest absolute Gasteiger partial charge is 0.265 e. The molecular formula is C28H31Cl2N3O4S. The molecular weight excluding hydrogens is 545 g/mol. The highest BCUT2D eigenvalue weighted by molar-refractivity contribution is 7.93. The summed E-state index contributed by atoms with van der Waals surface area (Å²) in [6.07, 6.45) is 0.789. The van der Waals surface area contributed by atoms with Crippen LogP contribution in [0.2, 0.25) is 10.0 Å². The van der Waals surface area contributed by atoms with Crippen molar-refractivity contribution in [1.82, 2.24) is 10.2 Å². The quantitative estimate of drug-likeness (QED) is 0.332. The van der Waals surface area contributed by atoms with E-state index in [-0.39, 0.29) is 42.3 Å². The lowest BCUT2D eigenvalue weighted by Crippen LogP contribution is -2.50. The first-order valence-electron chi connectivity index (χ1n) is 12.6. The summed E-state index contributed by atoms with van der Waals surface area (Å²) in [5.41, 5.74) is 1.37. The van der Waals surface area contributed by atoms with E-state index < -0.39 is 16.1 Å². The van der Waals surface area contributed by atoms with E-state index in [4.69, 9.17) is 23.2 Å². The van der Waals surface area contributed by atoms with Gasteiger partial charge in [-0.1, -0.05) is 60.5 Å². The second-order valence-corrected chi connectivity index (χ2v) is 12.3. The van der Waals surface area contributed by atoms with Gasteiger partial charge < -0.3 is 10.2 Å². The number of hydrogen-bond acceptors (Lipinski definition) is 4. The maximum atomic E-state index is 13.6. The van der Waals surface area contributed by atoms with Gasteiger partial charge in [0.15, 0.2) is 0 Å². The molecule has 0 bridgehead atoms. The summed E-state index contributed by atoms with van der Waals surface area (Å²) in [6, 6.07) is 15.1. The number of carbonyl (C=O) groups excluding carboxylic acids is 2. The Morgan fingerprint density at radius 1 is 1.03 bits per heavy atom. The average molecular weight is 577 g/mol. The summed E-state index contributed by atoms with van der Waals surface area (Å²) < 4.78 is 27.9. The lowest BCUT2D eigenvalue weighted by molar-refractivity contribution is -0.141. The van der Waals surface area contributed by atoms with Crippen LogP contribution in [0.4, 0.5) is 5.69 Å². The summed E-state index contributed by atoms with van der Waals surface area (Å²) in [5, 5.41) is 5.23. The van der Waals surface area contributed by atoms with Gasteiger partial charge in [-0.05, 0) is 61.9 Å². The third-order valence-electron chi connectivity index (χ3n) is 6.59. The number of nitrogens with one attached hydrogen (secondary N) is 1. The first-order valence-corrected chi connectivity index (χ1v) is 14.8. The van der Waals surface area contributed by atoms with E-state index in [1.54, 1.807) is 41.3 Å². The Morgan fingerprint density at radius 2 is 1.74 bits per heavy atom. The van der Waals surface area contributed by atoms with Crippen LogP contribution in [0.15, 0.2) is 59.5 Å². The number of nitrogens with zero attached hydrogens (tertiary/aromatic N) is 2. The minimum atomic E-state index is -3.70. The molecule has 0 spiro atoms. The van der Waals surface area contributed by atoms with Gasteiger partial charge in [-0.2, -0.15) is 0 Å². The van der Waals surface area contributed by atoms with Crippen molar-refractivity contribution in [3.05, 3.63) is 70.2 Å². The van der Waals surface area contributed by atoms with Crippen LogP contribution in [-0.4, -0.2) is 43.8 Å². The van der Waals surface area contributed by atoms with Crippen molar-refractivity contribution in [1.29, 1.82) is 0 Å². The van der Waals surface area contributed by atoms with Gasteiger partial charge in [0.2, 0.25) is 11.8 Å². The van der Waals surface area contributed by atoms with Gasteiger partial charge in [0.05, 0.1) is 20.6 Å². The maximum absolute atomic E-state index is 13.6. The first kappa shape index (κ1) is 28.2. The summed E-state index contributed by atoms with van der Waals surface area (Å²) in [5.74, 6) is -0.477. The number of benzene rings is 3. The summed E-state index contributed by atoms with van der Waals surface area (Å²) in [7, 11) is -3.70. The number of rotatable bonds is 10. The van der Waals surface area contributed by atoms with Crippen molar-refractivity contribution in [2.24, 2.45) is 0 Å². The van der Waals surface area contributed by atoms with Gasteiger partial charge in [0, 0.05) is 30.9 Å². The number of hydrogen-bond donors (Lipinski definition) is 1. The Morgan fingerprint density at radius 3 is 2.39 bits per heavy atom. The van der Waals surface area contributed by atoms with Crippen LogP contribution in [-0.2, 0) is 26.2 Å². The molecule has 3 aromatic rings. The van der Waals surface area contributed by atoms with E-state index in [1.807, 2.05) is 39.0 Å². The summed E-state index contributed by atoms with van der Waals surface area (Å²) in [4.78, 5) is 28.4. The molecule has 1 aliphatic heterocycles. The molecule has 1 N–H and O–H groups in total. The third kappa shape index (κ3) is 5.63. The molecule has 202 valence electrons. The Hall–Kier alpha value is -2.81. The lowest BCUT2D eigenvalue weighted by Gasteiger charge is -2.31. The minimum absolute atomic E-state index is 0.0745. The molecule has 38 heavy (non-hydrogen) atoms.